The maximum absolute atomic E-state index is 12.3. The summed E-state index contributed by atoms with van der Waals surface area (Å²) in [5.74, 6) is 2.12. The average Bonchev–Trinajstić information content (AvgIpc) is 3.44. The smallest absolute Gasteiger partial charge is 0.203 e. The van der Waals surface area contributed by atoms with Crippen LogP contribution in [0.5, 0.6) is 5.75 Å². The van der Waals surface area contributed by atoms with Gasteiger partial charge in [0.15, 0.2) is 0 Å². The Kier molecular flexibility index (Phi) is 4.92. The van der Waals surface area contributed by atoms with E-state index < -0.39 is 0 Å². The minimum absolute atomic E-state index is 0.0957. The van der Waals surface area contributed by atoms with E-state index >= 15 is 0 Å². The fourth-order valence-electron chi connectivity index (χ4n) is 3.39. The third kappa shape index (κ3) is 3.87. The van der Waals surface area contributed by atoms with Gasteiger partial charge in [0.05, 0.1) is 0 Å². The Labute approximate surface area is 158 Å². The third-order valence-electron chi connectivity index (χ3n) is 4.80. The summed E-state index contributed by atoms with van der Waals surface area (Å²) in [6.07, 6.45) is 8.34. The Morgan fingerprint density at radius 3 is 3.00 bits per heavy atom. The van der Waals surface area contributed by atoms with Gasteiger partial charge in [-0.15, -0.1) is 0 Å². The quantitative estimate of drug-likeness (QED) is 0.460. The molecule has 0 aliphatic heterocycles. The van der Waals surface area contributed by atoms with Crippen LogP contribution in [0, 0.1) is 0 Å². The number of hydrogen-bond acceptors (Lipinski definition) is 4. The van der Waals surface area contributed by atoms with Crippen molar-refractivity contribution in [3.63, 3.8) is 0 Å². The van der Waals surface area contributed by atoms with E-state index in [-0.39, 0.29) is 5.78 Å². The molecule has 0 saturated heterocycles. The highest BCUT2D eigenvalue weighted by atomic mass is 16.5. The van der Waals surface area contributed by atoms with E-state index in [1.54, 1.807) is 23.0 Å². The predicted molar refractivity (Wildman–Crippen MR) is 103 cm³/mol. The lowest BCUT2D eigenvalue weighted by atomic mass is 10.1. The Morgan fingerprint density at radius 2 is 2.11 bits per heavy atom. The van der Waals surface area contributed by atoms with Crippen molar-refractivity contribution in [3.05, 3.63) is 77.0 Å². The summed E-state index contributed by atoms with van der Waals surface area (Å²) in [5, 5.41) is 4.11. The van der Waals surface area contributed by atoms with Crippen molar-refractivity contribution in [2.24, 2.45) is 0 Å². The second-order valence-electron chi connectivity index (χ2n) is 6.61. The van der Waals surface area contributed by atoms with Crippen LogP contribution >= 0.6 is 0 Å². The molecule has 0 N–H and O–H groups in total. The van der Waals surface area contributed by atoms with Crippen LogP contribution in [0.4, 0.5) is 0 Å². The molecule has 0 amide bonds. The van der Waals surface area contributed by atoms with Crippen LogP contribution < -0.4 is 4.74 Å². The molecule has 0 bridgehead atoms. The number of nitrogens with zero attached hydrogens (tertiary/aromatic N) is 2. The first-order valence-electron chi connectivity index (χ1n) is 9.30. The molecule has 2 aromatic heterocycles. The highest BCUT2D eigenvalue weighted by Crippen LogP contribution is 2.26. The molecule has 4 rings (SSSR count). The molecule has 27 heavy (non-hydrogen) atoms. The largest absolute Gasteiger partial charge is 0.486 e. The summed E-state index contributed by atoms with van der Waals surface area (Å²) in [6, 6.07) is 11.7. The van der Waals surface area contributed by atoms with E-state index in [1.165, 1.54) is 30.0 Å². The number of ketones is 1. The molecule has 3 aromatic rings. The number of allylic oxidation sites excluding steroid dienone is 1. The molecule has 5 nitrogen and oxygen atoms in total. The fourth-order valence-corrected chi connectivity index (χ4v) is 3.39. The molecule has 1 aromatic carbocycles. The minimum atomic E-state index is -0.0957. The van der Waals surface area contributed by atoms with Gasteiger partial charge in [-0.05, 0) is 79.8 Å². The van der Waals surface area contributed by atoms with Gasteiger partial charge in [0.2, 0.25) is 5.78 Å². The monoisotopic (exact) mass is 362 g/mol. The normalized spacial score (nSPS) is 13.2. The number of rotatable bonds is 7. The molecule has 0 fully saturated rings. The summed E-state index contributed by atoms with van der Waals surface area (Å²) in [5.41, 5.74) is 3.39. The van der Waals surface area contributed by atoms with Crippen molar-refractivity contribution in [2.75, 3.05) is 0 Å². The van der Waals surface area contributed by atoms with Gasteiger partial charge in [0.1, 0.15) is 29.6 Å². The van der Waals surface area contributed by atoms with Crippen LogP contribution in [0.2, 0.25) is 0 Å². The SMILES string of the molecule is CCn1nccc1C(=O)/C=C/c1ccc(COc2ccc3c(c2)CCC3)o1. The number of carbonyl (C=O) groups is 1. The molecular weight excluding hydrogens is 340 g/mol. The number of carbonyl (C=O) groups excluding carboxylic acids is 1. The Balaban J connectivity index is 1.36. The van der Waals surface area contributed by atoms with Gasteiger partial charge in [-0.2, -0.15) is 5.10 Å². The zero-order valence-electron chi connectivity index (χ0n) is 15.4. The van der Waals surface area contributed by atoms with Crippen LogP contribution in [0.25, 0.3) is 6.08 Å². The number of fused-ring (bicyclic) bond motifs is 1. The van der Waals surface area contributed by atoms with E-state index in [4.69, 9.17) is 9.15 Å². The predicted octanol–water partition coefficient (Wildman–Crippen LogP) is 4.46. The molecule has 0 unspecified atom stereocenters. The highest BCUT2D eigenvalue weighted by Gasteiger charge is 2.12. The van der Waals surface area contributed by atoms with Gasteiger partial charge < -0.3 is 9.15 Å². The number of furan rings is 1. The standard InChI is InChI=1S/C22H22N2O3/c1-2-24-21(12-13-23-24)22(25)11-10-18-8-9-20(27-18)15-26-19-7-6-16-4-3-5-17(16)14-19/h6-14H,2-5,15H2,1H3/b11-10+. The van der Waals surface area contributed by atoms with E-state index in [1.807, 2.05) is 25.1 Å². The topological polar surface area (TPSA) is 57.3 Å². The van der Waals surface area contributed by atoms with Crippen molar-refractivity contribution < 1.29 is 13.9 Å². The van der Waals surface area contributed by atoms with Gasteiger partial charge in [0, 0.05) is 12.7 Å². The molecule has 0 spiro atoms. The molecule has 1 aliphatic carbocycles. The van der Waals surface area contributed by atoms with Crippen LogP contribution in [-0.2, 0) is 26.0 Å². The number of aromatic nitrogens is 2. The molecule has 0 atom stereocenters. The fraction of sp³-hybridized carbons (Fsp3) is 0.273. The lowest BCUT2D eigenvalue weighted by molar-refractivity contribution is 0.103. The number of ether oxygens (including phenoxy) is 1. The van der Waals surface area contributed by atoms with Crippen LogP contribution in [0.1, 0.15) is 46.5 Å². The van der Waals surface area contributed by atoms with Crippen molar-refractivity contribution in [3.8, 4) is 5.75 Å². The first-order valence-corrected chi connectivity index (χ1v) is 9.30. The third-order valence-corrected chi connectivity index (χ3v) is 4.80. The van der Waals surface area contributed by atoms with E-state index in [9.17, 15) is 4.79 Å². The van der Waals surface area contributed by atoms with Crippen LogP contribution in [-0.4, -0.2) is 15.6 Å². The van der Waals surface area contributed by atoms with Crippen molar-refractivity contribution in [2.45, 2.75) is 39.3 Å². The molecule has 0 saturated carbocycles. The Bertz CT molecular complexity index is 981. The zero-order chi connectivity index (χ0) is 18.6. The average molecular weight is 362 g/mol. The molecular formula is C22H22N2O3. The first-order chi connectivity index (χ1) is 13.2. The molecule has 0 radical (unpaired) electrons. The molecule has 2 heterocycles. The van der Waals surface area contributed by atoms with E-state index in [0.717, 1.165) is 17.9 Å². The van der Waals surface area contributed by atoms with Gasteiger partial charge in [0.25, 0.3) is 0 Å². The lowest BCUT2D eigenvalue weighted by Gasteiger charge is -2.06. The second kappa shape index (κ2) is 7.66. The highest BCUT2D eigenvalue weighted by molar-refractivity contribution is 6.05. The van der Waals surface area contributed by atoms with Gasteiger partial charge in [-0.1, -0.05) is 6.07 Å². The maximum atomic E-state index is 12.3. The summed E-state index contributed by atoms with van der Waals surface area (Å²) >= 11 is 0. The van der Waals surface area contributed by atoms with Crippen molar-refractivity contribution in [1.29, 1.82) is 0 Å². The van der Waals surface area contributed by atoms with Crippen LogP contribution in [0.3, 0.4) is 0 Å². The summed E-state index contributed by atoms with van der Waals surface area (Å²) in [4.78, 5) is 12.3. The van der Waals surface area contributed by atoms with Gasteiger partial charge >= 0.3 is 0 Å². The first kappa shape index (κ1) is 17.3. The maximum Gasteiger partial charge on any atom is 0.203 e. The van der Waals surface area contributed by atoms with Crippen molar-refractivity contribution in [1.82, 2.24) is 9.78 Å². The molecule has 138 valence electrons. The van der Waals surface area contributed by atoms with Gasteiger partial charge in [-0.3, -0.25) is 9.48 Å². The summed E-state index contributed by atoms with van der Waals surface area (Å²) in [7, 11) is 0. The summed E-state index contributed by atoms with van der Waals surface area (Å²) < 4.78 is 13.3. The number of benzene rings is 1. The van der Waals surface area contributed by atoms with Gasteiger partial charge in [-0.25, -0.2) is 0 Å². The van der Waals surface area contributed by atoms with Crippen LogP contribution in [0.15, 0.2) is 53.1 Å². The number of hydrogen-bond donors (Lipinski definition) is 0. The second-order valence-corrected chi connectivity index (χ2v) is 6.61. The summed E-state index contributed by atoms with van der Waals surface area (Å²) in [6.45, 7) is 2.98. The lowest BCUT2D eigenvalue weighted by Crippen LogP contribution is -2.07. The Morgan fingerprint density at radius 1 is 1.22 bits per heavy atom. The molecule has 5 heteroatoms. The zero-order valence-corrected chi connectivity index (χ0v) is 15.4. The molecule has 1 aliphatic rings. The van der Waals surface area contributed by atoms with E-state index in [2.05, 4.69) is 17.2 Å². The number of aryl methyl sites for hydroxylation is 3. The minimum Gasteiger partial charge on any atom is -0.486 e. The van der Waals surface area contributed by atoms with E-state index in [0.29, 0.717) is 24.6 Å². The Hall–Kier alpha value is -3.08. The van der Waals surface area contributed by atoms with Crippen molar-refractivity contribution >= 4 is 11.9 Å².